The minimum absolute atomic E-state index is 0.233. The lowest BCUT2D eigenvalue weighted by Crippen LogP contribution is -2.14. The van der Waals surface area contributed by atoms with E-state index < -0.39 is 5.91 Å². The van der Waals surface area contributed by atoms with Crippen molar-refractivity contribution < 1.29 is 19.2 Å². The molecule has 1 amide bonds. The van der Waals surface area contributed by atoms with Crippen LogP contribution in [0, 0.1) is 0 Å². The molecule has 0 saturated carbocycles. The summed E-state index contributed by atoms with van der Waals surface area (Å²) < 4.78 is 5.57. The van der Waals surface area contributed by atoms with Crippen LogP contribution in [0.2, 0.25) is 0 Å². The number of nitrogens with one attached hydrogen (secondary N) is 1. The van der Waals surface area contributed by atoms with E-state index in [0.29, 0.717) is 16.7 Å². The molecule has 3 rings (SSSR count). The summed E-state index contributed by atoms with van der Waals surface area (Å²) in [6.45, 7) is 0. The monoisotopic (exact) mass is 307 g/mol. The van der Waals surface area contributed by atoms with Crippen LogP contribution in [-0.4, -0.2) is 16.9 Å². The van der Waals surface area contributed by atoms with Gasteiger partial charge in [0, 0.05) is 17.0 Å². The fraction of sp³-hybridized carbons (Fsp3) is 0. The quantitative estimate of drug-likeness (QED) is 0.336. The zero-order valence-corrected chi connectivity index (χ0v) is 12.0. The van der Waals surface area contributed by atoms with Crippen molar-refractivity contribution in [2.45, 2.75) is 0 Å². The molecule has 1 aromatic heterocycles. The first-order valence-corrected chi connectivity index (χ1v) is 6.93. The van der Waals surface area contributed by atoms with Gasteiger partial charge in [-0.3, -0.25) is 14.8 Å². The Kier molecular flexibility index (Phi) is 4.03. The number of carbonyl (C=O) groups is 2. The van der Waals surface area contributed by atoms with E-state index in [1.807, 2.05) is 18.2 Å². The Labute approximate surface area is 131 Å². The molecule has 0 aliphatic rings. The van der Waals surface area contributed by atoms with Crippen LogP contribution >= 0.6 is 0 Å². The average molecular weight is 307 g/mol. The zero-order chi connectivity index (χ0) is 16.2. The van der Waals surface area contributed by atoms with Crippen molar-refractivity contribution in [3.8, 4) is 0 Å². The molecule has 0 bridgehead atoms. The average Bonchev–Trinajstić information content (AvgIpc) is 3.03. The molecule has 0 fully saturated rings. The zero-order valence-electron chi connectivity index (χ0n) is 12.0. The van der Waals surface area contributed by atoms with Crippen LogP contribution in [0.4, 0.5) is 0 Å². The van der Waals surface area contributed by atoms with Gasteiger partial charge in [-0.05, 0) is 29.8 Å². The second kappa shape index (κ2) is 6.29. The molecule has 0 aliphatic heterocycles. The number of furan rings is 1. The van der Waals surface area contributed by atoms with Crippen molar-refractivity contribution >= 4 is 28.7 Å². The number of hydrogen-bond acceptors (Lipinski definition) is 4. The van der Waals surface area contributed by atoms with Gasteiger partial charge in [0.15, 0.2) is 5.76 Å². The lowest BCUT2D eigenvalue weighted by molar-refractivity contribution is -0.124. The molecule has 1 heterocycles. The Hall–Kier alpha value is -3.18. The predicted octanol–water partition coefficient (Wildman–Crippen LogP) is 3.18. The van der Waals surface area contributed by atoms with Crippen LogP contribution in [0.15, 0.2) is 65.1 Å². The molecule has 0 spiro atoms. The summed E-state index contributed by atoms with van der Waals surface area (Å²) in [5.41, 5.74) is 3.28. The number of para-hydroxylation sites is 1. The molecule has 0 unspecified atom stereocenters. The number of rotatable bonds is 4. The molecule has 0 saturated heterocycles. The van der Waals surface area contributed by atoms with Crippen molar-refractivity contribution in [3.05, 3.63) is 77.6 Å². The molecule has 0 atom stereocenters. The molecule has 0 radical (unpaired) electrons. The van der Waals surface area contributed by atoms with E-state index in [0.717, 1.165) is 5.39 Å². The summed E-state index contributed by atoms with van der Waals surface area (Å²) in [6, 6.07) is 15.9. The normalized spacial score (nSPS) is 11.0. The molecule has 2 N–H and O–H groups in total. The van der Waals surface area contributed by atoms with Gasteiger partial charge in [-0.25, -0.2) is 5.48 Å². The van der Waals surface area contributed by atoms with Gasteiger partial charge in [-0.15, -0.1) is 0 Å². The maximum atomic E-state index is 12.5. The first kappa shape index (κ1) is 14.7. The maximum Gasteiger partial charge on any atom is 0.267 e. The summed E-state index contributed by atoms with van der Waals surface area (Å²) in [5.74, 6) is -0.609. The number of benzene rings is 2. The Bertz CT molecular complexity index is 875. The van der Waals surface area contributed by atoms with Gasteiger partial charge in [0.2, 0.25) is 5.78 Å². The van der Waals surface area contributed by atoms with Gasteiger partial charge in [0.1, 0.15) is 5.58 Å². The lowest BCUT2D eigenvalue weighted by atomic mass is 10.1. The third kappa shape index (κ3) is 3.20. The minimum Gasteiger partial charge on any atom is -0.453 e. The van der Waals surface area contributed by atoms with E-state index >= 15 is 0 Å². The van der Waals surface area contributed by atoms with E-state index in [1.54, 1.807) is 36.4 Å². The highest BCUT2D eigenvalue weighted by atomic mass is 16.5. The summed E-state index contributed by atoms with van der Waals surface area (Å²) in [4.78, 5) is 23.5. The van der Waals surface area contributed by atoms with Crippen molar-refractivity contribution in [2.24, 2.45) is 0 Å². The number of carbonyl (C=O) groups excluding carboxylic acids is 2. The Morgan fingerprint density at radius 1 is 1.04 bits per heavy atom. The first-order chi connectivity index (χ1) is 11.2. The van der Waals surface area contributed by atoms with Gasteiger partial charge >= 0.3 is 0 Å². The molecule has 3 aromatic rings. The van der Waals surface area contributed by atoms with Gasteiger partial charge in [0.25, 0.3) is 5.91 Å². The number of hydrogen-bond donors (Lipinski definition) is 2. The Balaban J connectivity index is 1.90. The smallest absolute Gasteiger partial charge is 0.267 e. The second-order valence-electron chi connectivity index (χ2n) is 4.91. The fourth-order valence-corrected chi connectivity index (χ4v) is 2.23. The van der Waals surface area contributed by atoms with Crippen LogP contribution in [0.5, 0.6) is 0 Å². The Morgan fingerprint density at radius 3 is 2.65 bits per heavy atom. The second-order valence-corrected chi connectivity index (χ2v) is 4.91. The maximum absolute atomic E-state index is 12.5. The molecule has 114 valence electrons. The molecule has 0 aliphatic carbocycles. The van der Waals surface area contributed by atoms with E-state index in [9.17, 15) is 9.59 Å². The summed E-state index contributed by atoms with van der Waals surface area (Å²) in [7, 11) is 0. The van der Waals surface area contributed by atoms with Crippen molar-refractivity contribution in [2.75, 3.05) is 0 Å². The molecule has 23 heavy (non-hydrogen) atoms. The SMILES string of the molecule is O=C(/C=C/c1cccc(C(=O)c2cc3ccccc3o2)c1)NO. The van der Waals surface area contributed by atoms with Crippen molar-refractivity contribution in [1.82, 2.24) is 5.48 Å². The standard InChI is InChI=1S/C18H13NO4/c20-17(19-22)9-8-12-4-3-6-14(10-12)18(21)16-11-13-5-1-2-7-15(13)23-16/h1-11,22H,(H,19,20)/b9-8+. The molecular weight excluding hydrogens is 294 g/mol. The largest absolute Gasteiger partial charge is 0.453 e. The number of amides is 1. The topological polar surface area (TPSA) is 79.5 Å². The van der Waals surface area contributed by atoms with E-state index in [2.05, 4.69) is 0 Å². The highest BCUT2D eigenvalue weighted by Crippen LogP contribution is 2.21. The van der Waals surface area contributed by atoms with Crippen LogP contribution in [-0.2, 0) is 4.79 Å². The van der Waals surface area contributed by atoms with Crippen LogP contribution < -0.4 is 5.48 Å². The molecule has 5 nitrogen and oxygen atoms in total. The summed E-state index contributed by atoms with van der Waals surface area (Å²) >= 11 is 0. The summed E-state index contributed by atoms with van der Waals surface area (Å²) in [6.07, 6.45) is 2.67. The van der Waals surface area contributed by atoms with Crippen LogP contribution in [0.25, 0.3) is 17.0 Å². The number of hydroxylamine groups is 1. The number of fused-ring (bicyclic) bond motifs is 1. The van der Waals surface area contributed by atoms with Gasteiger partial charge < -0.3 is 4.42 Å². The van der Waals surface area contributed by atoms with Gasteiger partial charge in [-0.1, -0.05) is 36.4 Å². The van der Waals surface area contributed by atoms with E-state index in [-0.39, 0.29) is 11.5 Å². The molecular formula is C18H13NO4. The van der Waals surface area contributed by atoms with Crippen molar-refractivity contribution in [1.29, 1.82) is 0 Å². The third-order valence-electron chi connectivity index (χ3n) is 3.34. The highest BCUT2D eigenvalue weighted by Gasteiger charge is 2.14. The highest BCUT2D eigenvalue weighted by molar-refractivity contribution is 6.09. The Morgan fingerprint density at radius 2 is 1.87 bits per heavy atom. The molecule has 5 heteroatoms. The number of ketones is 1. The minimum atomic E-state index is -0.640. The lowest BCUT2D eigenvalue weighted by Gasteiger charge is -1.99. The van der Waals surface area contributed by atoms with E-state index in [1.165, 1.54) is 17.6 Å². The fourth-order valence-electron chi connectivity index (χ4n) is 2.23. The molecule has 2 aromatic carbocycles. The third-order valence-corrected chi connectivity index (χ3v) is 3.34. The van der Waals surface area contributed by atoms with Gasteiger partial charge in [0.05, 0.1) is 0 Å². The van der Waals surface area contributed by atoms with E-state index in [4.69, 9.17) is 9.62 Å². The van der Waals surface area contributed by atoms with Crippen molar-refractivity contribution in [3.63, 3.8) is 0 Å². The summed E-state index contributed by atoms with van der Waals surface area (Å²) in [5, 5.41) is 9.32. The predicted molar refractivity (Wildman–Crippen MR) is 85.1 cm³/mol. The van der Waals surface area contributed by atoms with Gasteiger partial charge in [-0.2, -0.15) is 0 Å². The van der Waals surface area contributed by atoms with Crippen LogP contribution in [0.3, 0.4) is 0 Å². The van der Waals surface area contributed by atoms with Crippen LogP contribution in [0.1, 0.15) is 21.7 Å². The first-order valence-electron chi connectivity index (χ1n) is 6.93.